The molecule has 1 aliphatic heterocycles. The number of nitrogens with zero attached hydrogens (tertiary/aromatic N) is 1. The molecular formula is C22H28N2O4. The van der Waals surface area contributed by atoms with Gasteiger partial charge in [0.05, 0.1) is 26.4 Å². The van der Waals surface area contributed by atoms with Crippen molar-refractivity contribution in [3.05, 3.63) is 59.7 Å². The van der Waals surface area contributed by atoms with Crippen LogP contribution in [0.15, 0.2) is 48.5 Å². The van der Waals surface area contributed by atoms with Crippen LogP contribution in [-0.2, 0) is 6.54 Å². The lowest BCUT2D eigenvalue weighted by Gasteiger charge is -2.27. The summed E-state index contributed by atoms with van der Waals surface area (Å²) >= 11 is 0. The second kappa shape index (κ2) is 9.57. The molecule has 6 nitrogen and oxygen atoms in total. The molecule has 1 aliphatic rings. The molecule has 2 unspecified atom stereocenters. The summed E-state index contributed by atoms with van der Waals surface area (Å²) in [4.78, 5) is 14.9. The molecule has 28 heavy (non-hydrogen) atoms. The van der Waals surface area contributed by atoms with Crippen molar-refractivity contribution < 1.29 is 19.4 Å². The molecule has 150 valence electrons. The van der Waals surface area contributed by atoms with Crippen molar-refractivity contribution in [3.8, 4) is 11.5 Å². The first-order valence-corrected chi connectivity index (χ1v) is 9.57. The number of aliphatic hydroxyl groups excluding tert-OH is 1. The lowest BCUT2D eigenvalue weighted by Crippen LogP contribution is -2.48. The SMILES string of the molecule is COc1ccc(C(=O)NC2CN(Cc3cccc(OC)c3)CCCC2O)cc1. The molecule has 0 bridgehead atoms. The summed E-state index contributed by atoms with van der Waals surface area (Å²) in [6.07, 6.45) is 1.000. The van der Waals surface area contributed by atoms with Gasteiger partial charge >= 0.3 is 0 Å². The Bertz CT molecular complexity index is 778. The van der Waals surface area contributed by atoms with Crippen molar-refractivity contribution >= 4 is 5.91 Å². The van der Waals surface area contributed by atoms with E-state index in [0.717, 1.165) is 30.8 Å². The third-order valence-electron chi connectivity index (χ3n) is 5.10. The number of hydrogen-bond acceptors (Lipinski definition) is 5. The van der Waals surface area contributed by atoms with Gasteiger partial charge in [0.15, 0.2) is 0 Å². The summed E-state index contributed by atoms with van der Waals surface area (Å²) < 4.78 is 10.4. The highest BCUT2D eigenvalue weighted by molar-refractivity contribution is 5.94. The zero-order chi connectivity index (χ0) is 19.9. The fraction of sp³-hybridized carbons (Fsp3) is 0.409. The van der Waals surface area contributed by atoms with Gasteiger partial charge in [-0.25, -0.2) is 0 Å². The summed E-state index contributed by atoms with van der Waals surface area (Å²) in [5, 5.41) is 13.5. The third kappa shape index (κ3) is 5.24. The fourth-order valence-electron chi connectivity index (χ4n) is 3.52. The van der Waals surface area contributed by atoms with Gasteiger partial charge in [-0.05, 0) is 61.3 Å². The minimum absolute atomic E-state index is 0.185. The molecular weight excluding hydrogens is 356 g/mol. The summed E-state index contributed by atoms with van der Waals surface area (Å²) in [5.41, 5.74) is 1.70. The average Bonchev–Trinajstić information content (AvgIpc) is 2.89. The highest BCUT2D eigenvalue weighted by Crippen LogP contribution is 2.18. The van der Waals surface area contributed by atoms with E-state index < -0.39 is 6.10 Å². The van der Waals surface area contributed by atoms with Gasteiger partial charge in [0.1, 0.15) is 11.5 Å². The van der Waals surface area contributed by atoms with E-state index in [1.54, 1.807) is 38.5 Å². The van der Waals surface area contributed by atoms with E-state index in [4.69, 9.17) is 9.47 Å². The molecule has 1 amide bonds. The summed E-state index contributed by atoms with van der Waals surface area (Å²) in [7, 11) is 3.25. The molecule has 0 spiro atoms. The lowest BCUT2D eigenvalue weighted by atomic mass is 10.1. The van der Waals surface area contributed by atoms with Crippen molar-refractivity contribution in [2.45, 2.75) is 31.5 Å². The van der Waals surface area contributed by atoms with E-state index in [1.165, 1.54) is 0 Å². The van der Waals surface area contributed by atoms with E-state index >= 15 is 0 Å². The van der Waals surface area contributed by atoms with E-state index in [-0.39, 0.29) is 11.9 Å². The van der Waals surface area contributed by atoms with Crippen molar-refractivity contribution in [2.75, 3.05) is 27.3 Å². The maximum atomic E-state index is 12.6. The first-order valence-electron chi connectivity index (χ1n) is 9.57. The molecule has 3 rings (SSSR count). The molecule has 0 saturated carbocycles. The standard InChI is InChI=1S/C22H28N2O4/c1-27-18-10-8-17(9-11-18)22(26)23-20-15-24(12-4-7-21(20)25)14-16-5-3-6-19(13-16)28-2/h3,5-6,8-11,13,20-21,25H,4,7,12,14-15H2,1-2H3,(H,23,26). The molecule has 0 aromatic heterocycles. The number of aliphatic hydroxyl groups is 1. The monoisotopic (exact) mass is 384 g/mol. The largest absolute Gasteiger partial charge is 0.497 e. The van der Waals surface area contributed by atoms with Crippen LogP contribution in [0, 0.1) is 0 Å². The zero-order valence-corrected chi connectivity index (χ0v) is 16.4. The van der Waals surface area contributed by atoms with Gasteiger partial charge in [-0.2, -0.15) is 0 Å². The first-order chi connectivity index (χ1) is 13.6. The lowest BCUT2D eigenvalue weighted by molar-refractivity contribution is 0.0798. The summed E-state index contributed by atoms with van der Waals surface area (Å²) in [5.74, 6) is 1.35. The Kier molecular flexibility index (Phi) is 6.90. The Labute approximate surface area is 166 Å². The van der Waals surface area contributed by atoms with Crippen LogP contribution in [0.25, 0.3) is 0 Å². The van der Waals surface area contributed by atoms with Gasteiger partial charge in [0, 0.05) is 18.7 Å². The number of benzene rings is 2. The van der Waals surface area contributed by atoms with Gasteiger partial charge in [0.2, 0.25) is 0 Å². The molecule has 1 saturated heterocycles. The normalized spacial score (nSPS) is 20.2. The number of likely N-dealkylation sites (tertiary alicyclic amines) is 1. The molecule has 2 atom stereocenters. The molecule has 0 aliphatic carbocycles. The van der Waals surface area contributed by atoms with Crippen LogP contribution in [0.4, 0.5) is 0 Å². The van der Waals surface area contributed by atoms with Crippen LogP contribution in [0.5, 0.6) is 11.5 Å². The van der Waals surface area contributed by atoms with E-state index in [0.29, 0.717) is 24.3 Å². The topological polar surface area (TPSA) is 71.0 Å². The van der Waals surface area contributed by atoms with Crippen molar-refractivity contribution in [3.63, 3.8) is 0 Å². The Morgan fingerprint density at radius 2 is 1.89 bits per heavy atom. The highest BCUT2D eigenvalue weighted by atomic mass is 16.5. The third-order valence-corrected chi connectivity index (χ3v) is 5.10. The molecule has 6 heteroatoms. The summed E-state index contributed by atoms with van der Waals surface area (Å²) in [6, 6.07) is 14.6. The molecule has 2 aromatic rings. The zero-order valence-electron chi connectivity index (χ0n) is 16.4. The number of methoxy groups -OCH3 is 2. The van der Waals surface area contributed by atoms with Gasteiger partial charge in [-0.1, -0.05) is 12.1 Å². The van der Waals surface area contributed by atoms with E-state index in [2.05, 4.69) is 16.3 Å². The van der Waals surface area contributed by atoms with Crippen LogP contribution in [0.1, 0.15) is 28.8 Å². The Balaban J connectivity index is 1.65. The quantitative estimate of drug-likeness (QED) is 0.801. The Morgan fingerprint density at radius 1 is 1.14 bits per heavy atom. The molecule has 1 heterocycles. The number of amides is 1. The predicted octanol–water partition coefficient (Wildman–Crippen LogP) is 2.46. The number of carbonyl (C=O) groups is 1. The van der Waals surface area contributed by atoms with Crippen molar-refractivity contribution in [1.29, 1.82) is 0 Å². The molecule has 0 radical (unpaired) electrons. The van der Waals surface area contributed by atoms with Gasteiger partial charge in [-0.15, -0.1) is 0 Å². The first kappa shape index (κ1) is 20.2. The Morgan fingerprint density at radius 3 is 2.61 bits per heavy atom. The Hall–Kier alpha value is -2.57. The molecule has 1 fully saturated rings. The number of carbonyl (C=O) groups excluding carboxylic acids is 1. The average molecular weight is 384 g/mol. The van der Waals surface area contributed by atoms with Gasteiger partial charge in [0.25, 0.3) is 5.91 Å². The minimum atomic E-state index is -0.558. The van der Waals surface area contributed by atoms with E-state index in [1.807, 2.05) is 18.2 Å². The number of rotatable bonds is 6. The molecule has 2 aromatic carbocycles. The van der Waals surface area contributed by atoms with Gasteiger partial charge < -0.3 is 19.9 Å². The minimum Gasteiger partial charge on any atom is -0.497 e. The van der Waals surface area contributed by atoms with Crippen molar-refractivity contribution in [1.82, 2.24) is 10.2 Å². The molecule has 2 N–H and O–H groups in total. The van der Waals surface area contributed by atoms with E-state index in [9.17, 15) is 9.90 Å². The fourth-order valence-corrected chi connectivity index (χ4v) is 3.52. The van der Waals surface area contributed by atoms with Crippen LogP contribution < -0.4 is 14.8 Å². The van der Waals surface area contributed by atoms with Crippen LogP contribution in [0.3, 0.4) is 0 Å². The number of nitrogens with one attached hydrogen (secondary N) is 1. The van der Waals surface area contributed by atoms with Crippen molar-refractivity contribution in [2.24, 2.45) is 0 Å². The number of ether oxygens (including phenoxy) is 2. The second-order valence-corrected chi connectivity index (χ2v) is 7.10. The van der Waals surface area contributed by atoms with Gasteiger partial charge in [-0.3, -0.25) is 9.69 Å². The summed E-state index contributed by atoms with van der Waals surface area (Å²) in [6.45, 7) is 2.22. The number of hydrogen-bond donors (Lipinski definition) is 2. The second-order valence-electron chi connectivity index (χ2n) is 7.10. The maximum absolute atomic E-state index is 12.6. The highest BCUT2D eigenvalue weighted by Gasteiger charge is 2.27. The van der Waals surface area contributed by atoms with Crippen LogP contribution >= 0.6 is 0 Å². The maximum Gasteiger partial charge on any atom is 0.251 e. The predicted molar refractivity (Wildman–Crippen MR) is 108 cm³/mol. The van der Waals surface area contributed by atoms with Crippen LogP contribution in [0.2, 0.25) is 0 Å². The van der Waals surface area contributed by atoms with Crippen LogP contribution in [-0.4, -0.2) is 55.4 Å². The smallest absolute Gasteiger partial charge is 0.251 e.